The molecule has 0 amide bonds. The molecule has 0 fully saturated rings. The molecule has 1 aromatic heterocycles. The summed E-state index contributed by atoms with van der Waals surface area (Å²) in [4.78, 5) is 0. The molecule has 0 bridgehead atoms. The maximum absolute atomic E-state index is 4.42. The Bertz CT molecular complexity index is 803. The third-order valence-corrected chi connectivity index (χ3v) is 5.96. The minimum Gasteiger partial charge on any atom is -0.138 e. The number of rotatable bonds is 10. The lowest BCUT2D eigenvalue weighted by Crippen LogP contribution is -1.86. The van der Waals surface area contributed by atoms with E-state index >= 15 is 0 Å². The first kappa shape index (κ1) is 19.8. The zero-order valence-corrected chi connectivity index (χ0v) is 17.4. The van der Waals surface area contributed by atoms with Gasteiger partial charge in [0.15, 0.2) is 0 Å². The summed E-state index contributed by atoms with van der Waals surface area (Å²) in [6.07, 6.45) is 10.1. The number of hydrogen-bond acceptors (Lipinski definition) is 3. The van der Waals surface area contributed by atoms with Gasteiger partial charge in [0.05, 0.1) is 0 Å². The number of unbranched alkanes of at least 4 members (excludes halogenated alkanes) is 4. The summed E-state index contributed by atoms with van der Waals surface area (Å²) in [6, 6.07) is 17.6. The molecular formula is C24H30N2S. The Balaban J connectivity index is 1.60. The third-order valence-electron chi connectivity index (χ3n) is 4.93. The van der Waals surface area contributed by atoms with Gasteiger partial charge in [0.25, 0.3) is 0 Å². The fourth-order valence-corrected chi connectivity index (χ4v) is 4.16. The molecule has 3 heteroatoms. The third kappa shape index (κ3) is 5.74. The van der Waals surface area contributed by atoms with Crippen LogP contribution in [-0.2, 0) is 12.8 Å². The SMILES string of the molecule is CCCCCCCc1ccc(-c2nnc(-c3ccc(CCC)cc3)s2)cc1. The fourth-order valence-electron chi connectivity index (χ4n) is 3.31. The molecule has 142 valence electrons. The van der Waals surface area contributed by atoms with Crippen LogP contribution in [0.15, 0.2) is 48.5 Å². The molecule has 1 heterocycles. The number of nitrogens with zero attached hydrogens (tertiary/aromatic N) is 2. The molecule has 0 aliphatic carbocycles. The highest BCUT2D eigenvalue weighted by molar-refractivity contribution is 7.17. The Hall–Kier alpha value is -2.00. The van der Waals surface area contributed by atoms with Crippen LogP contribution in [0.2, 0.25) is 0 Å². The smallest absolute Gasteiger partial charge is 0.138 e. The van der Waals surface area contributed by atoms with Crippen LogP contribution in [0.1, 0.15) is 63.5 Å². The van der Waals surface area contributed by atoms with Gasteiger partial charge in [0, 0.05) is 11.1 Å². The van der Waals surface area contributed by atoms with Crippen molar-refractivity contribution in [2.24, 2.45) is 0 Å². The quantitative estimate of drug-likeness (QED) is 0.345. The number of aromatic nitrogens is 2. The molecule has 0 unspecified atom stereocenters. The molecule has 3 aromatic rings. The molecule has 0 saturated heterocycles. The minimum absolute atomic E-state index is 0.994. The van der Waals surface area contributed by atoms with E-state index in [2.05, 4.69) is 72.6 Å². The van der Waals surface area contributed by atoms with E-state index in [0.29, 0.717) is 0 Å². The Morgan fingerprint density at radius 3 is 1.63 bits per heavy atom. The molecular weight excluding hydrogens is 348 g/mol. The minimum atomic E-state index is 0.994. The fraction of sp³-hybridized carbons (Fsp3) is 0.417. The normalized spacial score (nSPS) is 11.0. The van der Waals surface area contributed by atoms with Crippen molar-refractivity contribution in [3.63, 3.8) is 0 Å². The summed E-state index contributed by atoms with van der Waals surface area (Å²) in [5.41, 5.74) is 5.13. The van der Waals surface area contributed by atoms with Crippen LogP contribution in [0.25, 0.3) is 21.1 Å². The molecule has 3 rings (SSSR count). The first-order chi connectivity index (χ1) is 13.3. The van der Waals surface area contributed by atoms with E-state index in [1.807, 2.05) is 0 Å². The van der Waals surface area contributed by atoms with Crippen molar-refractivity contribution in [3.8, 4) is 21.1 Å². The molecule has 0 radical (unpaired) electrons. The van der Waals surface area contributed by atoms with E-state index in [1.165, 1.54) is 56.1 Å². The van der Waals surface area contributed by atoms with Crippen LogP contribution in [0.4, 0.5) is 0 Å². The predicted molar refractivity (Wildman–Crippen MR) is 117 cm³/mol. The second-order valence-electron chi connectivity index (χ2n) is 7.22. The van der Waals surface area contributed by atoms with Crippen LogP contribution >= 0.6 is 11.3 Å². The van der Waals surface area contributed by atoms with Crippen molar-refractivity contribution in [2.45, 2.75) is 65.2 Å². The average Bonchev–Trinajstić information content (AvgIpc) is 3.19. The van der Waals surface area contributed by atoms with E-state index in [9.17, 15) is 0 Å². The molecule has 2 nitrogen and oxygen atoms in total. The van der Waals surface area contributed by atoms with Crippen molar-refractivity contribution in [2.75, 3.05) is 0 Å². The lowest BCUT2D eigenvalue weighted by atomic mass is 10.0. The lowest BCUT2D eigenvalue weighted by molar-refractivity contribution is 0.632. The highest BCUT2D eigenvalue weighted by atomic mass is 32.1. The van der Waals surface area contributed by atoms with E-state index in [4.69, 9.17) is 0 Å². The zero-order valence-electron chi connectivity index (χ0n) is 16.6. The number of aryl methyl sites for hydroxylation is 2. The Morgan fingerprint density at radius 1 is 0.593 bits per heavy atom. The average molecular weight is 379 g/mol. The second kappa shape index (κ2) is 10.4. The summed E-state index contributed by atoms with van der Waals surface area (Å²) in [5.74, 6) is 0. The lowest BCUT2D eigenvalue weighted by Gasteiger charge is -2.03. The van der Waals surface area contributed by atoms with E-state index in [1.54, 1.807) is 11.3 Å². The van der Waals surface area contributed by atoms with Crippen molar-refractivity contribution in [3.05, 3.63) is 59.7 Å². The van der Waals surface area contributed by atoms with Gasteiger partial charge in [-0.15, -0.1) is 10.2 Å². The zero-order chi connectivity index (χ0) is 18.9. The summed E-state index contributed by atoms with van der Waals surface area (Å²) in [7, 11) is 0. The van der Waals surface area contributed by atoms with Gasteiger partial charge in [0.1, 0.15) is 10.0 Å². The Labute approximate surface area is 167 Å². The molecule has 27 heavy (non-hydrogen) atoms. The standard InChI is InChI=1S/C24H30N2S/c1-3-5-6-7-8-10-20-13-17-22(18-14-20)24-26-25-23(27-24)21-15-11-19(9-4-2)12-16-21/h11-18H,3-10H2,1-2H3. The van der Waals surface area contributed by atoms with Crippen LogP contribution in [0.3, 0.4) is 0 Å². The molecule has 0 aliphatic rings. The van der Waals surface area contributed by atoms with E-state index in [-0.39, 0.29) is 0 Å². The Kier molecular flexibility index (Phi) is 7.58. The van der Waals surface area contributed by atoms with Gasteiger partial charge in [0.2, 0.25) is 0 Å². The topological polar surface area (TPSA) is 25.8 Å². The van der Waals surface area contributed by atoms with Gasteiger partial charge in [-0.2, -0.15) is 0 Å². The molecule has 0 atom stereocenters. The molecule has 2 aromatic carbocycles. The van der Waals surface area contributed by atoms with E-state index < -0.39 is 0 Å². The van der Waals surface area contributed by atoms with Crippen molar-refractivity contribution in [1.29, 1.82) is 0 Å². The second-order valence-corrected chi connectivity index (χ2v) is 8.20. The summed E-state index contributed by atoms with van der Waals surface area (Å²) < 4.78 is 0. The largest absolute Gasteiger partial charge is 0.148 e. The maximum atomic E-state index is 4.42. The summed E-state index contributed by atoms with van der Waals surface area (Å²) >= 11 is 1.67. The van der Waals surface area contributed by atoms with Gasteiger partial charge in [-0.25, -0.2) is 0 Å². The van der Waals surface area contributed by atoms with Gasteiger partial charge < -0.3 is 0 Å². The maximum Gasteiger partial charge on any atom is 0.148 e. The highest BCUT2D eigenvalue weighted by Crippen LogP contribution is 2.30. The summed E-state index contributed by atoms with van der Waals surface area (Å²) in [6.45, 7) is 4.47. The molecule has 0 N–H and O–H groups in total. The van der Waals surface area contributed by atoms with Crippen LogP contribution in [-0.4, -0.2) is 10.2 Å². The monoisotopic (exact) mass is 378 g/mol. The number of hydrogen-bond donors (Lipinski definition) is 0. The number of benzene rings is 2. The Morgan fingerprint density at radius 2 is 1.11 bits per heavy atom. The van der Waals surface area contributed by atoms with Gasteiger partial charge in [-0.3, -0.25) is 0 Å². The van der Waals surface area contributed by atoms with Gasteiger partial charge in [-0.1, -0.05) is 106 Å². The predicted octanol–water partition coefficient (Wildman–Crippen LogP) is 7.34. The first-order valence-corrected chi connectivity index (χ1v) is 11.1. The summed E-state index contributed by atoms with van der Waals surface area (Å²) in [5, 5.41) is 10.8. The van der Waals surface area contributed by atoms with Crippen molar-refractivity contribution < 1.29 is 0 Å². The van der Waals surface area contributed by atoms with Crippen LogP contribution in [0.5, 0.6) is 0 Å². The molecule has 0 saturated carbocycles. The van der Waals surface area contributed by atoms with Crippen LogP contribution in [0, 0.1) is 0 Å². The van der Waals surface area contributed by atoms with E-state index in [0.717, 1.165) is 27.6 Å². The van der Waals surface area contributed by atoms with Crippen molar-refractivity contribution in [1.82, 2.24) is 10.2 Å². The van der Waals surface area contributed by atoms with Gasteiger partial charge in [-0.05, 0) is 30.4 Å². The highest BCUT2D eigenvalue weighted by Gasteiger charge is 2.09. The molecule has 0 spiro atoms. The molecule has 0 aliphatic heterocycles. The first-order valence-electron chi connectivity index (χ1n) is 10.3. The van der Waals surface area contributed by atoms with Crippen LogP contribution < -0.4 is 0 Å². The van der Waals surface area contributed by atoms with Crippen molar-refractivity contribution >= 4 is 11.3 Å². The van der Waals surface area contributed by atoms with Gasteiger partial charge >= 0.3 is 0 Å².